The zero-order chi connectivity index (χ0) is 21.1. The molecule has 1 fully saturated rings. The highest BCUT2D eigenvalue weighted by atomic mass is 16.6. The molecule has 1 aliphatic carbocycles. The lowest BCUT2D eigenvalue weighted by Gasteiger charge is -2.54. The maximum atomic E-state index is 12.6. The lowest BCUT2D eigenvalue weighted by atomic mass is 9.54. The van der Waals surface area contributed by atoms with E-state index in [1.165, 1.54) is 14.2 Å². The molecule has 0 saturated heterocycles. The molecule has 28 heavy (non-hydrogen) atoms. The minimum absolute atomic E-state index is 0.181. The lowest BCUT2D eigenvalue weighted by Crippen LogP contribution is -2.56. The first-order valence-electron chi connectivity index (χ1n) is 9.23. The molecule has 7 nitrogen and oxygen atoms in total. The lowest BCUT2D eigenvalue weighted by molar-refractivity contribution is -0.205. The number of methoxy groups -OCH3 is 3. The van der Waals surface area contributed by atoms with E-state index in [0.717, 1.165) is 13.5 Å². The summed E-state index contributed by atoms with van der Waals surface area (Å²) in [6.07, 6.45) is 4.78. The van der Waals surface area contributed by atoms with Crippen LogP contribution in [0.15, 0.2) is 24.9 Å². The Morgan fingerprint density at radius 3 is 2.43 bits per heavy atom. The maximum absolute atomic E-state index is 12.6. The topological polar surface area (TPSA) is 84.0 Å². The quantitative estimate of drug-likeness (QED) is 0.433. The summed E-state index contributed by atoms with van der Waals surface area (Å²) in [5.74, 6) is -1.25. The Morgan fingerprint density at radius 1 is 1.21 bits per heavy atom. The van der Waals surface area contributed by atoms with Gasteiger partial charge in [0, 0.05) is 17.5 Å². The number of ether oxygens (including phenoxy) is 4. The second-order valence-corrected chi connectivity index (χ2v) is 7.58. The number of carbonyl (C=O) groups excluding carboxylic acids is 2. The Hall–Kier alpha value is -2.57. The summed E-state index contributed by atoms with van der Waals surface area (Å²) in [6.45, 7) is 10.1. The Bertz CT molecular complexity index is 741. The predicted octanol–water partition coefficient (Wildman–Crippen LogP) is 3.27. The van der Waals surface area contributed by atoms with Crippen LogP contribution in [0.1, 0.15) is 39.2 Å². The number of hydrogen-bond donors (Lipinski definition) is 0. The van der Waals surface area contributed by atoms with Gasteiger partial charge < -0.3 is 18.9 Å². The van der Waals surface area contributed by atoms with Crippen molar-refractivity contribution in [2.75, 3.05) is 21.3 Å². The van der Waals surface area contributed by atoms with Crippen molar-refractivity contribution >= 4 is 11.9 Å². The van der Waals surface area contributed by atoms with E-state index >= 15 is 0 Å². The SMILES string of the molecule is C=C[C@]1(C)C[C@@H](C)C[C@@H](C)C1(OC(=O)C(=O)OC)c1c(OC)ccnc1OC. The molecule has 0 spiro atoms. The summed E-state index contributed by atoms with van der Waals surface area (Å²) in [7, 11) is 4.15. The van der Waals surface area contributed by atoms with Crippen LogP contribution in [0, 0.1) is 17.3 Å². The number of nitrogens with zero attached hydrogens (tertiary/aromatic N) is 1. The molecule has 1 unspecified atom stereocenters. The molecule has 0 aliphatic heterocycles. The van der Waals surface area contributed by atoms with Gasteiger partial charge in [0.25, 0.3) is 0 Å². The average Bonchev–Trinajstić information content (AvgIpc) is 2.69. The summed E-state index contributed by atoms with van der Waals surface area (Å²) in [6, 6.07) is 1.68. The molecule has 1 heterocycles. The van der Waals surface area contributed by atoms with Crippen LogP contribution in [0.2, 0.25) is 0 Å². The Balaban J connectivity index is 2.86. The molecule has 0 N–H and O–H groups in total. The number of hydrogen-bond acceptors (Lipinski definition) is 7. The highest BCUT2D eigenvalue weighted by molar-refractivity contribution is 6.29. The van der Waals surface area contributed by atoms with E-state index in [-0.39, 0.29) is 11.8 Å². The molecule has 1 aromatic rings. The number of pyridine rings is 1. The monoisotopic (exact) mass is 391 g/mol. The molecule has 1 aliphatic rings. The summed E-state index contributed by atoms with van der Waals surface area (Å²) in [4.78, 5) is 28.9. The molecule has 0 bridgehead atoms. The van der Waals surface area contributed by atoms with Crippen molar-refractivity contribution in [1.29, 1.82) is 0 Å². The van der Waals surface area contributed by atoms with E-state index in [0.29, 0.717) is 23.7 Å². The number of aromatic nitrogens is 1. The summed E-state index contributed by atoms with van der Waals surface area (Å²) in [5, 5.41) is 0. The van der Waals surface area contributed by atoms with Crippen LogP contribution in [0.3, 0.4) is 0 Å². The third kappa shape index (κ3) is 3.34. The Labute approximate surface area is 166 Å². The third-order valence-electron chi connectivity index (χ3n) is 5.79. The van der Waals surface area contributed by atoms with Crippen LogP contribution in [0.4, 0.5) is 0 Å². The Morgan fingerprint density at radius 2 is 1.89 bits per heavy atom. The van der Waals surface area contributed by atoms with Gasteiger partial charge in [-0.1, -0.05) is 26.8 Å². The van der Waals surface area contributed by atoms with Gasteiger partial charge in [0.1, 0.15) is 11.3 Å². The van der Waals surface area contributed by atoms with E-state index in [2.05, 4.69) is 23.2 Å². The predicted molar refractivity (Wildman–Crippen MR) is 103 cm³/mol. The van der Waals surface area contributed by atoms with Crippen molar-refractivity contribution in [2.24, 2.45) is 17.3 Å². The van der Waals surface area contributed by atoms with Gasteiger partial charge in [-0.2, -0.15) is 0 Å². The molecule has 1 aromatic heterocycles. The summed E-state index contributed by atoms with van der Waals surface area (Å²) >= 11 is 0. The van der Waals surface area contributed by atoms with Crippen molar-refractivity contribution in [2.45, 2.75) is 39.2 Å². The van der Waals surface area contributed by atoms with Crippen molar-refractivity contribution in [3.8, 4) is 11.6 Å². The van der Waals surface area contributed by atoms with Gasteiger partial charge in [-0.15, -0.1) is 6.58 Å². The van der Waals surface area contributed by atoms with Crippen molar-refractivity contribution < 1.29 is 28.5 Å². The first-order chi connectivity index (χ1) is 13.2. The largest absolute Gasteiger partial charge is 0.496 e. The molecule has 2 rings (SSSR count). The molecule has 0 radical (unpaired) electrons. The minimum Gasteiger partial charge on any atom is -0.496 e. The molecule has 4 atom stereocenters. The second kappa shape index (κ2) is 8.20. The van der Waals surface area contributed by atoms with Crippen molar-refractivity contribution in [1.82, 2.24) is 4.98 Å². The first kappa shape index (κ1) is 21.7. The number of carbonyl (C=O) groups is 2. The molecule has 0 aromatic carbocycles. The molecule has 154 valence electrons. The van der Waals surface area contributed by atoms with Gasteiger partial charge >= 0.3 is 11.9 Å². The molecule has 0 amide bonds. The maximum Gasteiger partial charge on any atom is 0.418 e. The van der Waals surface area contributed by atoms with Crippen LogP contribution < -0.4 is 9.47 Å². The average molecular weight is 391 g/mol. The molecular weight excluding hydrogens is 362 g/mol. The fraction of sp³-hybridized carbons (Fsp3) is 0.571. The number of esters is 2. The number of rotatable bonds is 5. The first-order valence-corrected chi connectivity index (χ1v) is 9.23. The second-order valence-electron chi connectivity index (χ2n) is 7.58. The van der Waals surface area contributed by atoms with Crippen molar-refractivity contribution in [3.05, 3.63) is 30.5 Å². The normalized spacial score (nSPS) is 29.5. The molecule has 7 heteroatoms. The zero-order valence-corrected chi connectivity index (χ0v) is 17.4. The van der Waals surface area contributed by atoms with Crippen LogP contribution in [-0.4, -0.2) is 38.3 Å². The van der Waals surface area contributed by atoms with Gasteiger partial charge in [0.05, 0.1) is 21.3 Å². The van der Waals surface area contributed by atoms with Gasteiger partial charge in [-0.25, -0.2) is 14.6 Å². The van der Waals surface area contributed by atoms with E-state index in [1.807, 2.05) is 13.8 Å². The van der Waals surface area contributed by atoms with Crippen molar-refractivity contribution in [3.63, 3.8) is 0 Å². The smallest absolute Gasteiger partial charge is 0.418 e. The summed E-state index contributed by atoms with van der Waals surface area (Å²) in [5.41, 5.74) is -1.51. The fourth-order valence-electron chi connectivity index (χ4n) is 4.69. The van der Waals surface area contributed by atoms with Crippen LogP contribution in [0.25, 0.3) is 0 Å². The van der Waals surface area contributed by atoms with E-state index in [9.17, 15) is 9.59 Å². The van der Waals surface area contributed by atoms with Gasteiger partial charge in [0.2, 0.25) is 5.88 Å². The van der Waals surface area contributed by atoms with E-state index < -0.39 is 23.0 Å². The highest BCUT2D eigenvalue weighted by Gasteiger charge is 2.61. The Kier molecular flexibility index (Phi) is 6.37. The highest BCUT2D eigenvalue weighted by Crippen LogP contribution is 2.61. The van der Waals surface area contributed by atoms with Crippen LogP contribution in [0.5, 0.6) is 11.6 Å². The fourth-order valence-corrected chi connectivity index (χ4v) is 4.69. The standard InChI is InChI=1S/C21H29NO6/c1-8-20(4)12-13(2)11-14(3)21(20,28-19(24)18(23)27-7)16-15(25-5)9-10-22-17(16)26-6/h8-10,13-14H,1,11-12H2,2-7H3/t13-,14+,20+,21?/m0/s1. The minimum atomic E-state index is -1.28. The van der Waals surface area contributed by atoms with E-state index in [1.54, 1.807) is 18.3 Å². The van der Waals surface area contributed by atoms with Gasteiger partial charge in [-0.05, 0) is 24.8 Å². The molecule has 1 saturated carbocycles. The van der Waals surface area contributed by atoms with Crippen LogP contribution >= 0.6 is 0 Å². The van der Waals surface area contributed by atoms with Crippen LogP contribution in [-0.2, 0) is 24.7 Å². The van der Waals surface area contributed by atoms with Gasteiger partial charge in [0.15, 0.2) is 5.60 Å². The van der Waals surface area contributed by atoms with Gasteiger partial charge in [-0.3, -0.25) is 0 Å². The summed E-state index contributed by atoms with van der Waals surface area (Å²) < 4.78 is 21.7. The van der Waals surface area contributed by atoms with E-state index in [4.69, 9.17) is 14.2 Å². The zero-order valence-electron chi connectivity index (χ0n) is 17.4. The third-order valence-corrected chi connectivity index (χ3v) is 5.79. The molecular formula is C21H29NO6.